The van der Waals surface area contributed by atoms with E-state index in [-0.39, 0.29) is 0 Å². The largest absolute Gasteiger partial charge is 0.309 e. The number of nitrogens with zero attached hydrogens (tertiary/aromatic N) is 2. The van der Waals surface area contributed by atoms with Gasteiger partial charge in [-0.05, 0) is 19.9 Å². The van der Waals surface area contributed by atoms with Crippen LogP contribution in [0.2, 0.25) is 0 Å². The molecule has 1 aliphatic carbocycles. The quantitative estimate of drug-likeness (QED) is 0.788. The predicted molar refractivity (Wildman–Crippen MR) is 94.1 cm³/mol. The van der Waals surface area contributed by atoms with Crippen molar-refractivity contribution in [3.8, 4) is 11.3 Å². The molecular formula is C18H25N3S. The molecule has 1 aliphatic rings. The lowest BCUT2D eigenvalue weighted by molar-refractivity contribution is 0.245. The minimum Gasteiger partial charge on any atom is -0.309 e. The fourth-order valence-electron chi connectivity index (χ4n) is 3.11. The lowest BCUT2D eigenvalue weighted by atomic mass is 10.2. The summed E-state index contributed by atoms with van der Waals surface area (Å²) in [6.07, 6.45) is 5.57. The molecule has 0 bridgehead atoms. The number of likely N-dealkylation sites (N-methyl/N-ethyl adjacent to an activating group) is 1. The van der Waals surface area contributed by atoms with Gasteiger partial charge in [0.25, 0.3) is 0 Å². The van der Waals surface area contributed by atoms with E-state index < -0.39 is 0 Å². The van der Waals surface area contributed by atoms with Crippen LogP contribution in [-0.4, -0.2) is 36.1 Å². The van der Waals surface area contributed by atoms with Crippen LogP contribution in [-0.2, 0) is 6.54 Å². The number of aromatic nitrogens is 1. The Bertz CT molecular complexity index is 561. The summed E-state index contributed by atoms with van der Waals surface area (Å²) in [7, 11) is 2.26. The second kappa shape index (κ2) is 7.86. The smallest absolute Gasteiger partial charge is 0.107 e. The van der Waals surface area contributed by atoms with Gasteiger partial charge in [0, 0.05) is 36.6 Å². The van der Waals surface area contributed by atoms with Crippen LogP contribution in [0, 0.1) is 0 Å². The van der Waals surface area contributed by atoms with Crippen molar-refractivity contribution in [2.45, 2.75) is 38.3 Å². The van der Waals surface area contributed by atoms with Crippen molar-refractivity contribution in [1.82, 2.24) is 15.2 Å². The molecule has 1 saturated carbocycles. The lowest BCUT2D eigenvalue weighted by Gasteiger charge is -2.23. The number of hydrogen-bond acceptors (Lipinski definition) is 4. The normalized spacial score (nSPS) is 15.7. The van der Waals surface area contributed by atoms with Crippen molar-refractivity contribution in [3.05, 3.63) is 40.7 Å². The summed E-state index contributed by atoms with van der Waals surface area (Å²) < 4.78 is 0. The van der Waals surface area contributed by atoms with Crippen LogP contribution in [0.4, 0.5) is 0 Å². The molecule has 0 saturated heterocycles. The molecule has 0 aliphatic heterocycles. The summed E-state index contributed by atoms with van der Waals surface area (Å²) in [5, 5.41) is 6.85. The van der Waals surface area contributed by atoms with Crippen LogP contribution in [0.5, 0.6) is 0 Å². The zero-order chi connectivity index (χ0) is 15.2. The van der Waals surface area contributed by atoms with Crippen LogP contribution in [0.3, 0.4) is 0 Å². The summed E-state index contributed by atoms with van der Waals surface area (Å²) in [4.78, 5) is 7.23. The zero-order valence-electron chi connectivity index (χ0n) is 13.3. The Labute approximate surface area is 137 Å². The molecular weight excluding hydrogens is 290 g/mol. The molecule has 0 radical (unpaired) electrons. The van der Waals surface area contributed by atoms with E-state index in [0.717, 1.165) is 31.4 Å². The molecule has 0 amide bonds. The second-order valence-electron chi connectivity index (χ2n) is 6.09. The van der Waals surface area contributed by atoms with Gasteiger partial charge in [-0.1, -0.05) is 43.2 Å². The van der Waals surface area contributed by atoms with Gasteiger partial charge in [0.05, 0.1) is 5.69 Å². The second-order valence-corrected chi connectivity index (χ2v) is 7.03. The molecule has 1 N–H and O–H groups in total. The van der Waals surface area contributed by atoms with Gasteiger partial charge < -0.3 is 10.2 Å². The number of thiazole rings is 1. The minimum atomic E-state index is 0.811. The average molecular weight is 315 g/mol. The van der Waals surface area contributed by atoms with Crippen molar-refractivity contribution in [2.24, 2.45) is 0 Å². The van der Waals surface area contributed by atoms with Gasteiger partial charge >= 0.3 is 0 Å². The number of hydrogen-bond donors (Lipinski definition) is 1. The highest BCUT2D eigenvalue weighted by molar-refractivity contribution is 7.09. The molecule has 22 heavy (non-hydrogen) atoms. The highest BCUT2D eigenvalue weighted by atomic mass is 32.1. The van der Waals surface area contributed by atoms with Gasteiger partial charge in [-0.3, -0.25) is 0 Å². The molecule has 3 nitrogen and oxygen atoms in total. The maximum atomic E-state index is 4.72. The molecule has 4 heteroatoms. The molecule has 118 valence electrons. The Kier molecular flexibility index (Phi) is 5.59. The van der Waals surface area contributed by atoms with Crippen LogP contribution in [0.15, 0.2) is 35.7 Å². The Balaban J connectivity index is 1.41. The van der Waals surface area contributed by atoms with Crippen molar-refractivity contribution >= 4 is 11.3 Å². The molecule has 3 rings (SSSR count). The van der Waals surface area contributed by atoms with E-state index in [1.807, 2.05) is 6.07 Å². The van der Waals surface area contributed by atoms with Crippen LogP contribution < -0.4 is 5.32 Å². The number of rotatable bonds is 7. The molecule has 1 fully saturated rings. The Hall–Kier alpha value is -1.23. The maximum absolute atomic E-state index is 4.72. The standard InChI is InChI=1S/C18H25N3S/c1-21(16-9-5-6-10-16)12-11-19-13-18-20-17(14-22-18)15-7-3-2-4-8-15/h2-4,7-8,14,16,19H,5-6,9-13H2,1H3. The van der Waals surface area contributed by atoms with Gasteiger partial charge in [0.15, 0.2) is 0 Å². The molecule has 0 spiro atoms. The van der Waals surface area contributed by atoms with Gasteiger partial charge in [-0.15, -0.1) is 11.3 Å². The van der Waals surface area contributed by atoms with Crippen LogP contribution >= 0.6 is 11.3 Å². The zero-order valence-corrected chi connectivity index (χ0v) is 14.1. The van der Waals surface area contributed by atoms with E-state index in [9.17, 15) is 0 Å². The van der Waals surface area contributed by atoms with E-state index in [0.29, 0.717) is 0 Å². The van der Waals surface area contributed by atoms with Gasteiger partial charge in [0.1, 0.15) is 5.01 Å². The SMILES string of the molecule is CN(CCNCc1nc(-c2ccccc2)cs1)C1CCCC1. The van der Waals surface area contributed by atoms with Gasteiger partial charge in [-0.25, -0.2) is 4.98 Å². The van der Waals surface area contributed by atoms with E-state index >= 15 is 0 Å². The number of nitrogens with one attached hydrogen (secondary N) is 1. The molecule has 1 heterocycles. The Morgan fingerprint density at radius 1 is 1.23 bits per heavy atom. The topological polar surface area (TPSA) is 28.2 Å². The van der Waals surface area contributed by atoms with Crippen LogP contribution in [0.1, 0.15) is 30.7 Å². The predicted octanol–water partition coefficient (Wildman–Crippen LogP) is 3.77. The Morgan fingerprint density at radius 3 is 2.77 bits per heavy atom. The monoisotopic (exact) mass is 315 g/mol. The van der Waals surface area contributed by atoms with E-state index in [4.69, 9.17) is 4.98 Å². The lowest BCUT2D eigenvalue weighted by Crippen LogP contribution is -2.35. The highest BCUT2D eigenvalue weighted by Gasteiger charge is 2.18. The van der Waals surface area contributed by atoms with Crippen molar-refractivity contribution in [2.75, 3.05) is 20.1 Å². The summed E-state index contributed by atoms with van der Waals surface area (Å²) in [5.41, 5.74) is 2.29. The Morgan fingerprint density at radius 2 is 2.00 bits per heavy atom. The summed E-state index contributed by atoms with van der Waals surface area (Å²) in [5.74, 6) is 0. The first-order chi connectivity index (χ1) is 10.8. The van der Waals surface area contributed by atoms with Crippen molar-refractivity contribution in [3.63, 3.8) is 0 Å². The third kappa shape index (κ3) is 4.15. The minimum absolute atomic E-state index is 0.811. The summed E-state index contributed by atoms with van der Waals surface area (Å²) in [6.45, 7) is 3.03. The summed E-state index contributed by atoms with van der Waals surface area (Å²) >= 11 is 1.74. The fraction of sp³-hybridized carbons (Fsp3) is 0.500. The molecule has 0 unspecified atom stereocenters. The molecule has 0 atom stereocenters. The van der Waals surface area contributed by atoms with Crippen molar-refractivity contribution in [1.29, 1.82) is 0 Å². The first-order valence-electron chi connectivity index (χ1n) is 8.24. The average Bonchev–Trinajstić information content (AvgIpc) is 3.24. The van der Waals surface area contributed by atoms with Gasteiger partial charge in [0.2, 0.25) is 0 Å². The van der Waals surface area contributed by atoms with Gasteiger partial charge in [-0.2, -0.15) is 0 Å². The van der Waals surface area contributed by atoms with E-state index in [2.05, 4.69) is 46.9 Å². The third-order valence-corrected chi connectivity index (χ3v) is 5.34. The fourth-order valence-corrected chi connectivity index (χ4v) is 3.88. The summed E-state index contributed by atoms with van der Waals surface area (Å²) in [6, 6.07) is 11.2. The molecule has 2 aromatic rings. The molecule has 1 aromatic heterocycles. The third-order valence-electron chi connectivity index (χ3n) is 4.49. The van der Waals surface area contributed by atoms with Crippen LogP contribution in [0.25, 0.3) is 11.3 Å². The highest BCUT2D eigenvalue weighted by Crippen LogP contribution is 2.22. The first-order valence-corrected chi connectivity index (χ1v) is 9.11. The maximum Gasteiger partial charge on any atom is 0.107 e. The van der Waals surface area contributed by atoms with E-state index in [1.54, 1.807) is 11.3 Å². The first kappa shape index (κ1) is 15.7. The van der Waals surface area contributed by atoms with E-state index in [1.165, 1.54) is 36.3 Å². The number of benzene rings is 1. The van der Waals surface area contributed by atoms with Crippen molar-refractivity contribution < 1.29 is 0 Å². The molecule has 1 aromatic carbocycles.